The predicted octanol–water partition coefficient (Wildman–Crippen LogP) is 13.0. The summed E-state index contributed by atoms with van der Waals surface area (Å²) in [6, 6.07) is 58.6. The molecule has 0 fully saturated rings. The molecule has 0 atom stereocenters. The van der Waals surface area contributed by atoms with Crippen LogP contribution in [0.25, 0.3) is 67.3 Å². The third kappa shape index (κ3) is 5.14. The highest BCUT2D eigenvalue weighted by Crippen LogP contribution is 2.59. The largest absolute Gasteiger partial charge is 0.449 e. The number of hydrogen-bond acceptors (Lipinski definition) is 4. The lowest BCUT2D eigenvalue weighted by Gasteiger charge is -2.26. The van der Waals surface area contributed by atoms with Gasteiger partial charge in [0.1, 0.15) is 0 Å². The van der Waals surface area contributed by atoms with Crippen molar-refractivity contribution < 1.29 is 9.47 Å². The topological polar surface area (TPSA) is 44.2 Å². The summed E-state index contributed by atoms with van der Waals surface area (Å²) >= 11 is 0. The first kappa shape index (κ1) is 31.0. The Morgan fingerprint density at radius 1 is 0.396 bits per heavy atom. The van der Waals surface area contributed by atoms with E-state index < -0.39 is 0 Å². The molecular formula is C49H34N2O2. The maximum atomic E-state index is 6.84. The van der Waals surface area contributed by atoms with E-state index in [2.05, 4.69) is 135 Å². The molecular weight excluding hydrogens is 649 g/mol. The fourth-order valence-electron chi connectivity index (χ4n) is 7.93. The summed E-state index contributed by atoms with van der Waals surface area (Å²) in [5.41, 5.74) is 13.5. The third-order valence-electron chi connectivity index (χ3n) is 10.6. The molecule has 2 aliphatic rings. The van der Waals surface area contributed by atoms with Gasteiger partial charge >= 0.3 is 0 Å². The van der Waals surface area contributed by atoms with E-state index in [1.165, 1.54) is 16.7 Å². The molecule has 2 heterocycles. The average molecular weight is 683 g/mol. The van der Waals surface area contributed by atoms with Crippen molar-refractivity contribution in [2.45, 2.75) is 19.3 Å². The molecule has 1 aromatic heterocycles. The van der Waals surface area contributed by atoms with Crippen LogP contribution in [0.1, 0.15) is 25.0 Å². The highest BCUT2D eigenvalue weighted by Gasteiger charge is 2.39. The van der Waals surface area contributed by atoms with Crippen LogP contribution in [0.5, 0.6) is 23.0 Å². The van der Waals surface area contributed by atoms with Gasteiger partial charge < -0.3 is 9.47 Å². The van der Waals surface area contributed by atoms with Crippen LogP contribution in [-0.4, -0.2) is 9.97 Å². The Kier molecular flexibility index (Phi) is 7.12. The number of fused-ring (bicyclic) bond motifs is 6. The summed E-state index contributed by atoms with van der Waals surface area (Å²) in [5.74, 6) is 3.45. The third-order valence-corrected chi connectivity index (χ3v) is 10.6. The summed E-state index contributed by atoms with van der Waals surface area (Å²) in [6.45, 7) is 4.55. The van der Waals surface area contributed by atoms with Crippen LogP contribution < -0.4 is 9.47 Å². The van der Waals surface area contributed by atoms with E-state index in [1.807, 2.05) is 48.5 Å². The van der Waals surface area contributed by atoms with Gasteiger partial charge in [-0.05, 0) is 57.6 Å². The lowest BCUT2D eigenvalue weighted by molar-refractivity contribution is 0.361. The number of hydrogen-bond donors (Lipinski definition) is 0. The van der Waals surface area contributed by atoms with Crippen molar-refractivity contribution in [3.05, 3.63) is 181 Å². The highest BCUT2D eigenvalue weighted by atomic mass is 16.6. The second-order valence-electron chi connectivity index (χ2n) is 14.1. The molecule has 8 aromatic rings. The second-order valence-corrected chi connectivity index (χ2v) is 14.1. The maximum Gasteiger partial charge on any atom is 0.178 e. The first-order valence-corrected chi connectivity index (χ1v) is 18.0. The van der Waals surface area contributed by atoms with Crippen molar-refractivity contribution >= 4 is 0 Å². The monoisotopic (exact) mass is 682 g/mol. The van der Waals surface area contributed by atoms with Gasteiger partial charge in [0.25, 0.3) is 0 Å². The van der Waals surface area contributed by atoms with Gasteiger partial charge in [-0.1, -0.05) is 159 Å². The molecule has 0 N–H and O–H groups in total. The van der Waals surface area contributed by atoms with Crippen molar-refractivity contribution in [1.29, 1.82) is 0 Å². The first-order chi connectivity index (χ1) is 26.0. The normalized spacial score (nSPS) is 13.2. The number of rotatable bonds is 5. The Balaban J connectivity index is 1.10. The number of aromatic nitrogens is 2. The van der Waals surface area contributed by atoms with Gasteiger partial charge in [-0.3, -0.25) is 0 Å². The quantitative estimate of drug-likeness (QED) is 0.181. The highest BCUT2D eigenvalue weighted by molar-refractivity contribution is 5.91. The van der Waals surface area contributed by atoms with Crippen LogP contribution in [0.3, 0.4) is 0 Å². The van der Waals surface area contributed by atoms with Gasteiger partial charge in [0, 0.05) is 33.2 Å². The number of benzene rings is 7. The Morgan fingerprint density at radius 2 is 0.962 bits per heavy atom. The Hall–Kier alpha value is -6.78. The van der Waals surface area contributed by atoms with Gasteiger partial charge in [-0.2, -0.15) is 0 Å². The molecule has 10 rings (SSSR count). The van der Waals surface area contributed by atoms with Crippen molar-refractivity contribution in [3.8, 4) is 90.3 Å². The smallest absolute Gasteiger partial charge is 0.178 e. The Labute approximate surface area is 309 Å². The van der Waals surface area contributed by atoms with E-state index in [9.17, 15) is 0 Å². The minimum absolute atomic E-state index is 0.138. The average Bonchev–Trinajstić information content (AvgIpc) is 3.46. The summed E-state index contributed by atoms with van der Waals surface area (Å²) in [4.78, 5) is 10.5. The van der Waals surface area contributed by atoms with Crippen LogP contribution in [0.2, 0.25) is 0 Å². The second kappa shape index (κ2) is 12.2. The number of para-hydroxylation sites is 1. The molecule has 0 saturated heterocycles. The molecule has 0 amide bonds. The van der Waals surface area contributed by atoms with E-state index in [1.54, 1.807) is 0 Å². The summed E-state index contributed by atoms with van der Waals surface area (Å²) in [7, 11) is 0. The minimum Gasteiger partial charge on any atom is -0.449 e. The van der Waals surface area contributed by atoms with Crippen LogP contribution in [-0.2, 0) is 5.41 Å². The van der Waals surface area contributed by atoms with Gasteiger partial charge in [0.2, 0.25) is 0 Å². The zero-order chi connectivity index (χ0) is 35.5. The van der Waals surface area contributed by atoms with E-state index in [-0.39, 0.29) is 5.41 Å². The minimum atomic E-state index is -0.138. The zero-order valence-electron chi connectivity index (χ0n) is 29.4. The first-order valence-electron chi connectivity index (χ1n) is 18.0. The molecule has 0 saturated carbocycles. The molecule has 7 aromatic carbocycles. The van der Waals surface area contributed by atoms with Crippen molar-refractivity contribution in [1.82, 2.24) is 9.97 Å². The van der Waals surface area contributed by atoms with Crippen molar-refractivity contribution in [3.63, 3.8) is 0 Å². The van der Waals surface area contributed by atoms with E-state index in [0.717, 1.165) is 61.6 Å². The maximum absolute atomic E-state index is 6.84. The van der Waals surface area contributed by atoms with E-state index in [4.69, 9.17) is 19.4 Å². The van der Waals surface area contributed by atoms with Crippen LogP contribution >= 0.6 is 0 Å². The van der Waals surface area contributed by atoms with Gasteiger partial charge in [-0.15, -0.1) is 0 Å². The standard InChI is InChI=1S/C49H34N2O2/c1-49(2)39-25-12-11-23-38(39)45-40(49)27-28-44-47(45)53-43-26-14-24-36(46(43)52-44)35-21-9-10-22-37(35)48-50-41(32-17-7-4-8-18-32)30-42(51-48)34-20-13-19-33(29-34)31-15-5-3-6-16-31/h3-30H,1-2H3. The van der Waals surface area contributed by atoms with Crippen LogP contribution in [0.4, 0.5) is 0 Å². The number of ether oxygens (including phenoxy) is 2. The summed E-state index contributed by atoms with van der Waals surface area (Å²) < 4.78 is 13.7. The molecule has 0 radical (unpaired) electrons. The fraction of sp³-hybridized carbons (Fsp3) is 0.0612. The molecule has 0 bridgehead atoms. The number of nitrogens with zero attached hydrogens (tertiary/aromatic N) is 2. The summed E-state index contributed by atoms with van der Waals surface area (Å²) in [6.07, 6.45) is 0. The lowest BCUT2D eigenvalue weighted by atomic mass is 9.82. The van der Waals surface area contributed by atoms with Crippen molar-refractivity contribution in [2.75, 3.05) is 0 Å². The van der Waals surface area contributed by atoms with E-state index >= 15 is 0 Å². The van der Waals surface area contributed by atoms with E-state index in [0.29, 0.717) is 23.1 Å². The molecule has 0 unspecified atom stereocenters. The molecule has 4 nitrogen and oxygen atoms in total. The molecule has 1 aliphatic heterocycles. The van der Waals surface area contributed by atoms with Crippen LogP contribution in [0.15, 0.2) is 170 Å². The summed E-state index contributed by atoms with van der Waals surface area (Å²) in [5, 5.41) is 0. The molecule has 0 spiro atoms. The van der Waals surface area contributed by atoms with Gasteiger partial charge in [0.15, 0.2) is 28.8 Å². The van der Waals surface area contributed by atoms with Gasteiger partial charge in [0.05, 0.1) is 11.4 Å². The molecule has 53 heavy (non-hydrogen) atoms. The molecule has 252 valence electrons. The fourth-order valence-corrected chi connectivity index (χ4v) is 7.93. The zero-order valence-corrected chi connectivity index (χ0v) is 29.4. The Bertz CT molecular complexity index is 2700. The van der Waals surface area contributed by atoms with Gasteiger partial charge in [-0.25, -0.2) is 9.97 Å². The molecule has 4 heteroatoms. The van der Waals surface area contributed by atoms with Crippen molar-refractivity contribution in [2.24, 2.45) is 0 Å². The SMILES string of the molecule is CC1(C)c2ccccc2-c2c1ccc1c2Oc2cccc(-c3ccccc3-c3nc(-c4ccccc4)cc(-c4cccc(-c5ccccc5)c4)n3)c2O1. The lowest BCUT2D eigenvalue weighted by Crippen LogP contribution is -2.15. The Morgan fingerprint density at radius 3 is 1.75 bits per heavy atom. The predicted molar refractivity (Wildman–Crippen MR) is 213 cm³/mol. The molecule has 1 aliphatic carbocycles. The van der Waals surface area contributed by atoms with Crippen LogP contribution in [0, 0.1) is 0 Å².